The minimum atomic E-state index is -1.57. The molecule has 4 aliphatic rings. The van der Waals surface area contributed by atoms with E-state index in [0.717, 1.165) is 51.7 Å². The molecular formula is C43H45F4N7O3. The lowest BCUT2D eigenvalue weighted by molar-refractivity contribution is 0.146. The van der Waals surface area contributed by atoms with Gasteiger partial charge >= 0.3 is 6.01 Å². The van der Waals surface area contributed by atoms with E-state index in [0.29, 0.717) is 73.2 Å². The number of aryl methyl sites for hydroxylation is 1. The molecule has 4 fully saturated rings. The monoisotopic (exact) mass is 783 g/mol. The topological polar surface area (TPSA) is 92.0 Å². The number of methoxy groups -OCH3 is 1. The van der Waals surface area contributed by atoms with Crippen LogP contribution in [0, 0.1) is 29.4 Å². The Morgan fingerprint density at radius 3 is 2.46 bits per heavy atom. The molecule has 5 heterocycles. The van der Waals surface area contributed by atoms with Gasteiger partial charge in [-0.2, -0.15) is 23.8 Å². The van der Waals surface area contributed by atoms with Crippen LogP contribution in [0.5, 0.6) is 11.8 Å². The lowest BCUT2D eigenvalue weighted by atomic mass is 9.91. The van der Waals surface area contributed by atoms with Crippen molar-refractivity contribution in [3.63, 3.8) is 0 Å². The predicted octanol–water partition coefficient (Wildman–Crippen LogP) is 7.40. The quantitative estimate of drug-likeness (QED) is 0.0837. The molecule has 0 spiro atoms. The molecule has 298 valence electrons. The molecule has 5 aromatic rings. The Morgan fingerprint density at radius 2 is 1.77 bits per heavy atom. The number of terminal acetylenes is 1. The van der Waals surface area contributed by atoms with E-state index in [2.05, 4.69) is 20.6 Å². The SMILES string of the molecule is C#Cc1c(F)ccc2cc(O)cc(-c3c(F)c4nc(OCC5(CN6CCC(=C(F)F)CC6)CC5)nc(N5C6CCC5CN(CCCOC)C6)c4c4cn(C)nc34)c12. The molecule has 0 radical (unpaired) electrons. The van der Waals surface area contributed by atoms with Crippen LogP contribution in [0.4, 0.5) is 23.4 Å². The van der Waals surface area contributed by atoms with Gasteiger partial charge in [0, 0.05) is 100 Å². The van der Waals surface area contributed by atoms with Crippen molar-refractivity contribution in [1.29, 1.82) is 0 Å². The number of hydrogen-bond donors (Lipinski definition) is 1. The van der Waals surface area contributed by atoms with E-state index in [4.69, 9.17) is 31.0 Å². The van der Waals surface area contributed by atoms with E-state index in [1.807, 2.05) is 6.20 Å². The Hall–Kier alpha value is -4.97. The van der Waals surface area contributed by atoms with E-state index >= 15 is 8.78 Å². The van der Waals surface area contributed by atoms with Crippen LogP contribution < -0.4 is 9.64 Å². The van der Waals surface area contributed by atoms with Crippen molar-refractivity contribution in [2.24, 2.45) is 12.5 Å². The fourth-order valence-electron chi connectivity index (χ4n) is 9.51. The summed E-state index contributed by atoms with van der Waals surface area (Å²) >= 11 is 0. The van der Waals surface area contributed by atoms with E-state index < -0.39 is 17.7 Å². The van der Waals surface area contributed by atoms with Crippen molar-refractivity contribution < 1.29 is 32.1 Å². The number of aromatic hydroxyl groups is 1. The van der Waals surface area contributed by atoms with Gasteiger partial charge in [0.05, 0.1) is 17.6 Å². The molecule has 2 bridgehead atoms. The van der Waals surface area contributed by atoms with Crippen molar-refractivity contribution in [2.75, 3.05) is 64.5 Å². The van der Waals surface area contributed by atoms with Gasteiger partial charge in [-0.15, -0.1) is 6.42 Å². The van der Waals surface area contributed by atoms with E-state index in [1.165, 1.54) is 24.3 Å². The number of phenols is 1. The number of aromatic nitrogens is 4. The zero-order valence-corrected chi connectivity index (χ0v) is 32.1. The van der Waals surface area contributed by atoms with Gasteiger partial charge in [0.25, 0.3) is 6.08 Å². The van der Waals surface area contributed by atoms with Gasteiger partial charge in [0.1, 0.15) is 28.4 Å². The second kappa shape index (κ2) is 14.8. The molecule has 3 aliphatic heterocycles. The zero-order valence-electron chi connectivity index (χ0n) is 32.1. The van der Waals surface area contributed by atoms with Crippen LogP contribution in [0.1, 0.15) is 50.5 Å². The highest BCUT2D eigenvalue weighted by Gasteiger charge is 2.46. The summed E-state index contributed by atoms with van der Waals surface area (Å²) in [7, 11) is 3.46. The van der Waals surface area contributed by atoms with E-state index in [-0.39, 0.29) is 62.4 Å². The summed E-state index contributed by atoms with van der Waals surface area (Å²) < 4.78 is 73.0. The van der Waals surface area contributed by atoms with Gasteiger partial charge in [0.15, 0.2) is 5.82 Å². The number of piperazine rings is 1. The third-order valence-corrected chi connectivity index (χ3v) is 12.5. The molecule has 0 amide bonds. The first-order valence-corrected chi connectivity index (χ1v) is 19.7. The van der Waals surface area contributed by atoms with E-state index in [1.54, 1.807) is 18.8 Å². The number of ether oxygens (including phenoxy) is 2. The van der Waals surface area contributed by atoms with Crippen molar-refractivity contribution in [3.8, 4) is 35.2 Å². The molecule has 57 heavy (non-hydrogen) atoms. The van der Waals surface area contributed by atoms with Gasteiger partial charge < -0.3 is 24.4 Å². The molecule has 14 heteroatoms. The fourth-order valence-corrected chi connectivity index (χ4v) is 9.51. The van der Waals surface area contributed by atoms with Crippen LogP contribution in [0.2, 0.25) is 0 Å². The number of rotatable bonds is 11. The number of likely N-dealkylation sites (tertiary alicyclic amines) is 2. The second-order valence-corrected chi connectivity index (χ2v) is 16.3. The first-order valence-electron chi connectivity index (χ1n) is 19.7. The molecular weight excluding hydrogens is 739 g/mol. The number of nitrogens with zero attached hydrogens (tertiary/aromatic N) is 7. The van der Waals surface area contributed by atoms with E-state index in [9.17, 15) is 13.9 Å². The van der Waals surface area contributed by atoms with Crippen molar-refractivity contribution in [2.45, 2.75) is 57.0 Å². The van der Waals surface area contributed by atoms with Gasteiger partial charge in [-0.1, -0.05) is 12.0 Å². The number of phenolic OH excluding ortho intramolecular Hbond substituents is 1. The number of piperidine rings is 1. The molecule has 1 N–H and O–H groups in total. The Morgan fingerprint density at radius 1 is 1.02 bits per heavy atom. The minimum absolute atomic E-state index is 0.0241. The van der Waals surface area contributed by atoms with Crippen molar-refractivity contribution >= 4 is 38.4 Å². The lowest BCUT2D eigenvalue weighted by Crippen LogP contribution is -2.54. The highest BCUT2D eigenvalue weighted by molar-refractivity contribution is 6.18. The van der Waals surface area contributed by atoms with Gasteiger partial charge in [-0.25, -0.2) is 8.78 Å². The third kappa shape index (κ3) is 6.83. The number of hydrogen-bond acceptors (Lipinski definition) is 9. The lowest BCUT2D eigenvalue weighted by Gasteiger charge is -2.42. The molecule has 1 saturated carbocycles. The molecule has 3 saturated heterocycles. The number of benzene rings is 3. The summed E-state index contributed by atoms with van der Waals surface area (Å²) in [6.45, 7) is 5.36. The first kappa shape index (κ1) is 37.6. The smallest absolute Gasteiger partial charge is 0.319 e. The summed E-state index contributed by atoms with van der Waals surface area (Å²) in [5.41, 5.74) is 0.544. The largest absolute Gasteiger partial charge is 0.508 e. The molecule has 9 rings (SSSR count). The molecule has 1 aliphatic carbocycles. The van der Waals surface area contributed by atoms with Gasteiger partial charge in [-0.05, 0) is 79.7 Å². The summed E-state index contributed by atoms with van der Waals surface area (Å²) in [4.78, 5) is 16.9. The maximum absolute atomic E-state index is 17.8. The molecule has 10 nitrogen and oxygen atoms in total. The number of halogens is 4. The molecule has 2 atom stereocenters. The Bertz CT molecular complexity index is 2450. The highest BCUT2D eigenvalue weighted by Crippen LogP contribution is 2.49. The second-order valence-electron chi connectivity index (χ2n) is 16.3. The predicted molar refractivity (Wildman–Crippen MR) is 211 cm³/mol. The third-order valence-electron chi connectivity index (χ3n) is 12.5. The van der Waals surface area contributed by atoms with Crippen LogP contribution in [0.15, 0.2) is 42.1 Å². The number of anilines is 1. The van der Waals surface area contributed by atoms with Crippen LogP contribution in [-0.2, 0) is 11.8 Å². The highest BCUT2D eigenvalue weighted by atomic mass is 19.3. The van der Waals surface area contributed by atoms with Crippen LogP contribution in [0.25, 0.3) is 43.7 Å². The maximum atomic E-state index is 17.8. The normalized spacial score (nSPS) is 20.9. The summed E-state index contributed by atoms with van der Waals surface area (Å²) in [6.07, 6.45) is 11.4. The fraction of sp³-hybridized carbons (Fsp3) is 0.465. The van der Waals surface area contributed by atoms with Crippen molar-refractivity contribution in [1.82, 2.24) is 29.5 Å². The minimum Gasteiger partial charge on any atom is -0.508 e. The van der Waals surface area contributed by atoms with Crippen LogP contribution in [0.3, 0.4) is 0 Å². The summed E-state index contributed by atoms with van der Waals surface area (Å²) in [5, 5.41) is 17.5. The Kier molecular flexibility index (Phi) is 9.73. The summed E-state index contributed by atoms with van der Waals surface area (Å²) in [5.74, 6) is 1.52. The Balaban J connectivity index is 1.17. The standard InChI is InChI=1S/C43H45F4N7O3/c1-4-30-33(44)9-6-26-18-29(55)19-31(34(26)30)35-37(45)39-36(32-22-51(2)50-38(32)35)41(54-27-7-8-28(54)21-53(20-27)14-5-17-56-3)49-42(48-39)57-24-43(12-13-43)23-52-15-10-25(11-16-52)40(46)47/h1,6,9,18-19,22,27-28,55H,5,7-8,10-17,20-21,23-24H2,2-3H3. The van der Waals surface area contributed by atoms with Crippen LogP contribution in [-0.4, -0.2) is 106 Å². The zero-order chi connectivity index (χ0) is 39.6. The summed E-state index contributed by atoms with van der Waals surface area (Å²) in [6, 6.07) is 5.87. The van der Waals surface area contributed by atoms with Gasteiger partial charge in [-0.3, -0.25) is 9.58 Å². The average Bonchev–Trinajstić information content (AvgIpc) is 3.77. The first-order chi connectivity index (χ1) is 27.6. The van der Waals surface area contributed by atoms with Gasteiger partial charge in [0.2, 0.25) is 0 Å². The molecule has 3 aromatic carbocycles. The maximum Gasteiger partial charge on any atom is 0.319 e. The molecule has 2 aromatic heterocycles. The molecule has 2 unspecified atom stereocenters. The van der Waals surface area contributed by atoms with Crippen molar-refractivity contribution in [3.05, 3.63) is 59.3 Å². The average molecular weight is 784 g/mol. The number of fused-ring (bicyclic) bond motifs is 6. The Labute approximate surface area is 328 Å². The van der Waals surface area contributed by atoms with Crippen LogP contribution >= 0.6 is 0 Å².